The first kappa shape index (κ1) is 20.8. The van der Waals surface area contributed by atoms with Crippen LogP contribution in [-0.4, -0.2) is 41.8 Å². The number of halogens is 1. The summed E-state index contributed by atoms with van der Waals surface area (Å²) in [5.41, 5.74) is 3.13. The van der Waals surface area contributed by atoms with E-state index in [0.29, 0.717) is 26.1 Å². The van der Waals surface area contributed by atoms with Crippen LogP contribution >= 0.6 is 0 Å². The van der Waals surface area contributed by atoms with Crippen LogP contribution in [0.4, 0.5) is 4.39 Å². The van der Waals surface area contributed by atoms with Crippen molar-refractivity contribution in [2.75, 3.05) is 20.1 Å². The summed E-state index contributed by atoms with van der Waals surface area (Å²) in [5.74, 6) is 0.782. The molecule has 154 valence electrons. The number of hydrogen-bond donors (Lipinski definition) is 1. The van der Waals surface area contributed by atoms with Crippen molar-refractivity contribution in [1.29, 1.82) is 0 Å². The number of rotatable bonds is 7. The minimum absolute atomic E-state index is 0.230. The fraction of sp³-hybridized carbons (Fsp3) is 0.391. The number of carbonyl (C=O) groups excluding carboxylic acids is 1. The Morgan fingerprint density at radius 3 is 2.66 bits per heavy atom. The molecule has 2 aromatic rings. The molecule has 1 heterocycles. The van der Waals surface area contributed by atoms with Crippen molar-refractivity contribution in [2.24, 2.45) is 4.99 Å². The molecule has 0 spiro atoms. The summed E-state index contributed by atoms with van der Waals surface area (Å²) >= 11 is 0. The summed E-state index contributed by atoms with van der Waals surface area (Å²) < 4.78 is 13.5. The van der Waals surface area contributed by atoms with E-state index in [0.717, 1.165) is 42.2 Å². The van der Waals surface area contributed by atoms with Crippen molar-refractivity contribution >= 4 is 11.9 Å². The van der Waals surface area contributed by atoms with E-state index in [-0.39, 0.29) is 11.7 Å². The third-order valence-electron chi connectivity index (χ3n) is 4.95. The highest BCUT2D eigenvalue weighted by Gasteiger charge is 2.19. The van der Waals surface area contributed by atoms with E-state index >= 15 is 0 Å². The Bertz CT molecular complexity index is 867. The highest BCUT2D eigenvalue weighted by Crippen LogP contribution is 2.16. The molecular formula is C23H29FN4O. The Balaban J connectivity index is 1.66. The van der Waals surface area contributed by atoms with Crippen LogP contribution in [0.3, 0.4) is 0 Å². The molecule has 1 aliphatic heterocycles. The number of hydrogen-bond acceptors (Lipinski definition) is 2. The van der Waals surface area contributed by atoms with Gasteiger partial charge in [-0.25, -0.2) is 9.38 Å². The van der Waals surface area contributed by atoms with E-state index < -0.39 is 0 Å². The molecule has 0 unspecified atom stereocenters. The van der Waals surface area contributed by atoms with E-state index in [2.05, 4.69) is 23.5 Å². The Morgan fingerprint density at radius 2 is 1.93 bits per heavy atom. The second kappa shape index (κ2) is 10.0. The summed E-state index contributed by atoms with van der Waals surface area (Å²) in [7, 11) is 1.95. The van der Waals surface area contributed by atoms with Crippen LogP contribution in [0.15, 0.2) is 53.5 Å². The number of likely N-dealkylation sites (tertiary alicyclic amines) is 1. The number of benzene rings is 2. The Kier molecular flexibility index (Phi) is 7.22. The van der Waals surface area contributed by atoms with Gasteiger partial charge in [-0.05, 0) is 42.2 Å². The third-order valence-corrected chi connectivity index (χ3v) is 4.95. The molecule has 0 saturated carbocycles. The van der Waals surface area contributed by atoms with Crippen LogP contribution in [0.5, 0.6) is 0 Å². The molecule has 1 saturated heterocycles. The number of nitrogens with one attached hydrogen (secondary N) is 1. The highest BCUT2D eigenvalue weighted by molar-refractivity contribution is 5.79. The zero-order valence-corrected chi connectivity index (χ0v) is 17.2. The first-order valence-corrected chi connectivity index (χ1v) is 10.1. The molecule has 0 bridgehead atoms. The van der Waals surface area contributed by atoms with Crippen molar-refractivity contribution in [3.05, 3.63) is 71.0 Å². The van der Waals surface area contributed by atoms with Crippen LogP contribution in [0, 0.1) is 5.82 Å². The molecule has 2 aromatic carbocycles. The van der Waals surface area contributed by atoms with Crippen LogP contribution in [0.2, 0.25) is 0 Å². The standard InChI is InChI=1S/C23H29FN4O/c1-3-25-23(27(2)16-20-9-5-10-21(24)14-20)26-15-18-7-4-8-19(13-18)17-28-12-6-11-22(28)29/h4-5,7-10,13-14H,3,6,11-12,15-17H2,1-2H3,(H,25,26). The summed E-state index contributed by atoms with van der Waals surface area (Å²) in [6.07, 6.45) is 1.61. The molecule has 29 heavy (non-hydrogen) atoms. The van der Waals surface area contributed by atoms with Gasteiger partial charge in [0, 0.05) is 39.6 Å². The predicted molar refractivity (Wildman–Crippen MR) is 114 cm³/mol. The monoisotopic (exact) mass is 396 g/mol. The molecule has 3 rings (SSSR count). The van der Waals surface area contributed by atoms with E-state index in [1.165, 1.54) is 6.07 Å². The number of nitrogens with zero attached hydrogens (tertiary/aromatic N) is 3. The molecule has 5 nitrogen and oxygen atoms in total. The van der Waals surface area contributed by atoms with Crippen molar-refractivity contribution < 1.29 is 9.18 Å². The lowest BCUT2D eigenvalue weighted by molar-refractivity contribution is -0.128. The second-order valence-electron chi connectivity index (χ2n) is 7.39. The Morgan fingerprint density at radius 1 is 1.17 bits per heavy atom. The Hall–Kier alpha value is -2.89. The molecular weight excluding hydrogens is 367 g/mol. The molecule has 1 amide bonds. The van der Waals surface area contributed by atoms with E-state index in [9.17, 15) is 9.18 Å². The van der Waals surface area contributed by atoms with Crippen LogP contribution in [0.25, 0.3) is 0 Å². The second-order valence-corrected chi connectivity index (χ2v) is 7.39. The minimum atomic E-state index is -0.230. The number of aliphatic imine (C=N–C) groups is 1. The summed E-state index contributed by atoms with van der Waals surface area (Å²) in [6.45, 7) is 5.40. The number of carbonyl (C=O) groups is 1. The number of guanidine groups is 1. The molecule has 6 heteroatoms. The van der Waals surface area contributed by atoms with Crippen molar-refractivity contribution in [3.8, 4) is 0 Å². The molecule has 0 aliphatic carbocycles. The Labute approximate surface area is 172 Å². The van der Waals surface area contributed by atoms with Crippen LogP contribution in [0.1, 0.15) is 36.5 Å². The summed E-state index contributed by atoms with van der Waals surface area (Å²) in [6, 6.07) is 14.9. The topological polar surface area (TPSA) is 47.9 Å². The zero-order valence-electron chi connectivity index (χ0n) is 17.2. The molecule has 0 radical (unpaired) electrons. The molecule has 0 atom stereocenters. The largest absolute Gasteiger partial charge is 0.357 e. The predicted octanol–water partition coefficient (Wildman–Crippen LogP) is 3.55. The lowest BCUT2D eigenvalue weighted by Crippen LogP contribution is -2.38. The van der Waals surface area contributed by atoms with Gasteiger partial charge in [-0.15, -0.1) is 0 Å². The smallest absolute Gasteiger partial charge is 0.222 e. The maximum Gasteiger partial charge on any atom is 0.222 e. The quantitative estimate of drug-likeness (QED) is 0.575. The van der Waals surface area contributed by atoms with E-state index in [1.807, 2.05) is 35.9 Å². The lowest BCUT2D eigenvalue weighted by Gasteiger charge is -2.22. The van der Waals surface area contributed by atoms with Crippen LogP contribution < -0.4 is 5.32 Å². The fourth-order valence-electron chi connectivity index (χ4n) is 3.54. The van der Waals surface area contributed by atoms with Gasteiger partial charge < -0.3 is 15.1 Å². The van der Waals surface area contributed by atoms with Gasteiger partial charge in [0.1, 0.15) is 5.82 Å². The SMILES string of the molecule is CCNC(=NCc1cccc(CN2CCCC2=O)c1)N(C)Cc1cccc(F)c1. The molecule has 1 aliphatic rings. The highest BCUT2D eigenvalue weighted by atomic mass is 19.1. The summed E-state index contributed by atoms with van der Waals surface area (Å²) in [5, 5.41) is 3.30. The summed E-state index contributed by atoms with van der Waals surface area (Å²) in [4.78, 5) is 20.5. The zero-order chi connectivity index (χ0) is 20.6. The molecule has 0 aromatic heterocycles. The van der Waals surface area contributed by atoms with Crippen molar-refractivity contribution in [3.63, 3.8) is 0 Å². The third kappa shape index (κ3) is 6.04. The molecule has 1 N–H and O–H groups in total. The normalized spacial score (nSPS) is 14.4. The van der Waals surface area contributed by atoms with Gasteiger partial charge in [0.2, 0.25) is 5.91 Å². The maximum atomic E-state index is 13.5. The van der Waals surface area contributed by atoms with Gasteiger partial charge in [0.15, 0.2) is 5.96 Å². The van der Waals surface area contributed by atoms with E-state index in [1.54, 1.807) is 12.1 Å². The van der Waals surface area contributed by atoms with Gasteiger partial charge in [0.05, 0.1) is 6.54 Å². The first-order chi connectivity index (χ1) is 14.0. The van der Waals surface area contributed by atoms with Gasteiger partial charge in [-0.2, -0.15) is 0 Å². The van der Waals surface area contributed by atoms with Gasteiger partial charge in [0.25, 0.3) is 0 Å². The lowest BCUT2D eigenvalue weighted by atomic mass is 10.1. The van der Waals surface area contributed by atoms with Gasteiger partial charge in [-0.3, -0.25) is 4.79 Å². The van der Waals surface area contributed by atoms with Crippen molar-refractivity contribution in [2.45, 2.75) is 39.4 Å². The van der Waals surface area contributed by atoms with Gasteiger partial charge >= 0.3 is 0 Å². The average molecular weight is 397 g/mol. The van der Waals surface area contributed by atoms with Crippen LogP contribution in [-0.2, 0) is 24.4 Å². The van der Waals surface area contributed by atoms with Gasteiger partial charge in [-0.1, -0.05) is 36.4 Å². The number of amides is 1. The maximum absolute atomic E-state index is 13.5. The fourth-order valence-corrected chi connectivity index (χ4v) is 3.54. The first-order valence-electron chi connectivity index (χ1n) is 10.1. The van der Waals surface area contributed by atoms with Crippen molar-refractivity contribution in [1.82, 2.24) is 15.1 Å². The molecule has 1 fully saturated rings. The average Bonchev–Trinajstić information content (AvgIpc) is 3.10. The van der Waals surface area contributed by atoms with E-state index in [4.69, 9.17) is 4.99 Å². The minimum Gasteiger partial charge on any atom is -0.357 e.